The molecule has 1 atom stereocenters. The highest BCUT2D eigenvalue weighted by Crippen LogP contribution is 2.11. The van der Waals surface area contributed by atoms with Gasteiger partial charge in [-0.25, -0.2) is 0 Å². The highest BCUT2D eigenvalue weighted by Gasteiger charge is 2.02. The topological polar surface area (TPSA) is 30.5 Å². The Hall–Kier alpha value is -1.06. The summed E-state index contributed by atoms with van der Waals surface area (Å²) >= 11 is 0. The van der Waals surface area contributed by atoms with Gasteiger partial charge in [0.15, 0.2) is 0 Å². The second-order valence-corrected chi connectivity index (χ2v) is 4.95. The van der Waals surface area contributed by atoms with Crippen molar-refractivity contribution in [3.05, 3.63) is 29.8 Å². The molecule has 0 spiro atoms. The molecule has 1 unspecified atom stereocenters. The molecule has 0 heterocycles. The molecule has 0 saturated heterocycles. The molecule has 1 rings (SSSR count). The summed E-state index contributed by atoms with van der Waals surface area (Å²) in [5.74, 6) is 0.929. The van der Waals surface area contributed by atoms with E-state index in [-0.39, 0.29) is 0 Å². The fraction of sp³-hybridized carbons (Fsp3) is 0.625. The Labute approximate surface area is 117 Å². The predicted octanol–water partition coefficient (Wildman–Crippen LogP) is 3.17. The second-order valence-electron chi connectivity index (χ2n) is 4.95. The first-order valence-electron chi connectivity index (χ1n) is 7.23. The molecule has 19 heavy (non-hydrogen) atoms. The number of ether oxygens (including phenoxy) is 2. The summed E-state index contributed by atoms with van der Waals surface area (Å²) in [4.78, 5) is 0. The highest BCUT2D eigenvalue weighted by molar-refractivity contribution is 5.26. The number of benzene rings is 1. The lowest BCUT2D eigenvalue weighted by molar-refractivity contribution is 0.129. The minimum atomic E-state index is 0.330. The fourth-order valence-electron chi connectivity index (χ4n) is 1.64. The van der Waals surface area contributed by atoms with Crippen molar-refractivity contribution in [1.29, 1.82) is 0 Å². The van der Waals surface area contributed by atoms with E-state index in [1.54, 1.807) is 0 Å². The average molecular weight is 265 g/mol. The van der Waals surface area contributed by atoms with Gasteiger partial charge in [-0.1, -0.05) is 31.0 Å². The van der Waals surface area contributed by atoms with E-state index in [1.807, 2.05) is 12.1 Å². The van der Waals surface area contributed by atoms with Crippen molar-refractivity contribution < 1.29 is 9.47 Å². The van der Waals surface area contributed by atoms with E-state index < -0.39 is 0 Å². The van der Waals surface area contributed by atoms with Crippen LogP contribution in [-0.2, 0) is 4.74 Å². The van der Waals surface area contributed by atoms with Crippen molar-refractivity contribution in [2.45, 2.75) is 39.7 Å². The maximum absolute atomic E-state index is 5.72. The van der Waals surface area contributed by atoms with E-state index in [0.29, 0.717) is 12.6 Å². The van der Waals surface area contributed by atoms with Gasteiger partial charge in [0.2, 0.25) is 0 Å². The van der Waals surface area contributed by atoms with Crippen LogP contribution in [0.5, 0.6) is 5.75 Å². The molecule has 0 bridgehead atoms. The normalized spacial score (nSPS) is 12.4. The summed E-state index contributed by atoms with van der Waals surface area (Å²) in [6.45, 7) is 9.57. The van der Waals surface area contributed by atoms with Gasteiger partial charge in [-0.05, 0) is 32.4 Å². The monoisotopic (exact) mass is 265 g/mol. The number of nitrogens with one attached hydrogen (secondary N) is 1. The van der Waals surface area contributed by atoms with Crippen LogP contribution in [0.1, 0.15) is 32.3 Å². The molecule has 108 valence electrons. The first kappa shape index (κ1) is 16.0. The van der Waals surface area contributed by atoms with Crippen LogP contribution in [0, 0.1) is 6.92 Å². The van der Waals surface area contributed by atoms with Crippen LogP contribution in [0.4, 0.5) is 0 Å². The standard InChI is InChI=1S/C16H27NO2/c1-4-5-11-18-12-10-17-15(3)13-19-16-8-6-14(2)7-9-16/h6-9,15,17H,4-5,10-13H2,1-3H3. The predicted molar refractivity (Wildman–Crippen MR) is 79.9 cm³/mol. The van der Waals surface area contributed by atoms with Gasteiger partial charge in [0.05, 0.1) is 6.61 Å². The molecular weight excluding hydrogens is 238 g/mol. The van der Waals surface area contributed by atoms with Crippen LogP contribution in [0.3, 0.4) is 0 Å². The van der Waals surface area contributed by atoms with E-state index in [0.717, 1.165) is 31.9 Å². The van der Waals surface area contributed by atoms with E-state index in [2.05, 4.69) is 38.2 Å². The van der Waals surface area contributed by atoms with Gasteiger partial charge in [-0.3, -0.25) is 0 Å². The third-order valence-electron chi connectivity index (χ3n) is 2.90. The van der Waals surface area contributed by atoms with Crippen LogP contribution < -0.4 is 10.1 Å². The molecule has 3 heteroatoms. The lowest BCUT2D eigenvalue weighted by Gasteiger charge is -2.15. The lowest BCUT2D eigenvalue weighted by atomic mass is 10.2. The van der Waals surface area contributed by atoms with E-state index >= 15 is 0 Å². The number of hydrogen-bond donors (Lipinski definition) is 1. The number of aryl methyl sites for hydroxylation is 1. The van der Waals surface area contributed by atoms with Gasteiger partial charge in [0, 0.05) is 19.2 Å². The van der Waals surface area contributed by atoms with E-state index in [1.165, 1.54) is 12.0 Å². The minimum Gasteiger partial charge on any atom is -0.492 e. The van der Waals surface area contributed by atoms with Crippen molar-refractivity contribution >= 4 is 0 Å². The molecule has 0 aromatic heterocycles. The summed E-state index contributed by atoms with van der Waals surface area (Å²) < 4.78 is 11.2. The van der Waals surface area contributed by atoms with Crippen molar-refractivity contribution in [3.8, 4) is 5.75 Å². The quantitative estimate of drug-likeness (QED) is 0.659. The average Bonchev–Trinajstić information content (AvgIpc) is 2.42. The first-order chi connectivity index (χ1) is 9.22. The van der Waals surface area contributed by atoms with Gasteiger partial charge < -0.3 is 14.8 Å². The van der Waals surface area contributed by atoms with Crippen molar-refractivity contribution in [3.63, 3.8) is 0 Å². The maximum Gasteiger partial charge on any atom is 0.119 e. The third-order valence-corrected chi connectivity index (χ3v) is 2.90. The smallest absolute Gasteiger partial charge is 0.119 e. The number of rotatable bonds is 10. The molecule has 0 aliphatic carbocycles. The van der Waals surface area contributed by atoms with Gasteiger partial charge in [0.25, 0.3) is 0 Å². The molecular formula is C16H27NO2. The zero-order valence-corrected chi connectivity index (χ0v) is 12.4. The minimum absolute atomic E-state index is 0.330. The van der Waals surface area contributed by atoms with Crippen LogP contribution >= 0.6 is 0 Å². The highest BCUT2D eigenvalue weighted by atomic mass is 16.5. The molecule has 1 aromatic rings. The maximum atomic E-state index is 5.72. The Morgan fingerprint density at radius 3 is 2.58 bits per heavy atom. The van der Waals surface area contributed by atoms with E-state index in [9.17, 15) is 0 Å². The first-order valence-corrected chi connectivity index (χ1v) is 7.23. The zero-order chi connectivity index (χ0) is 13.9. The van der Waals surface area contributed by atoms with Crippen molar-refractivity contribution in [2.75, 3.05) is 26.4 Å². The molecule has 0 amide bonds. The Kier molecular flexibility index (Phi) is 8.26. The fourth-order valence-corrected chi connectivity index (χ4v) is 1.64. The molecule has 0 aliphatic rings. The van der Waals surface area contributed by atoms with Gasteiger partial charge in [0.1, 0.15) is 12.4 Å². The Morgan fingerprint density at radius 2 is 1.89 bits per heavy atom. The zero-order valence-electron chi connectivity index (χ0n) is 12.4. The molecule has 0 radical (unpaired) electrons. The summed E-state index contributed by atoms with van der Waals surface area (Å²) in [6.07, 6.45) is 2.33. The molecule has 3 nitrogen and oxygen atoms in total. The molecule has 0 aliphatic heterocycles. The Bertz CT molecular complexity index is 324. The molecule has 1 aromatic carbocycles. The summed E-state index contributed by atoms with van der Waals surface area (Å²) in [5, 5.41) is 3.39. The molecule has 0 fully saturated rings. The molecule has 0 saturated carbocycles. The van der Waals surface area contributed by atoms with Gasteiger partial charge >= 0.3 is 0 Å². The van der Waals surface area contributed by atoms with Crippen molar-refractivity contribution in [1.82, 2.24) is 5.32 Å². The summed E-state index contributed by atoms with van der Waals surface area (Å²) in [6, 6.07) is 8.48. The van der Waals surface area contributed by atoms with Crippen LogP contribution in [0.15, 0.2) is 24.3 Å². The van der Waals surface area contributed by atoms with Crippen LogP contribution in [-0.4, -0.2) is 32.4 Å². The number of unbranched alkanes of at least 4 members (excludes halogenated alkanes) is 1. The van der Waals surface area contributed by atoms with Gasteiger partial charge in [-0.2, -0.15) is 0 Å². The Morgan fingerprint density at radius 1 is 1.16 bits per heavy atom. The van der Waals surface area contributed by atoms with E-state index in [4.69, 9.17) is 9.47 Å². The summed E-state index contributed by atoms with van der Waals surface area (Å²) in [7, 11) is 0. The SMILES string of the molecule is CCCCOCCNC(C)COc1ccc(C)cc1. The summed E-state index contributed by atoms with van der Waals surface area (Å²) in [5.41, 5.74) is 1.25. The van der Waals surface area contributed by atoms with Crippen LogP contribution in [0.25, 0.3) is 0 Å². The Balaban J connectivity index is 2.04. The van der Waals surface area contributed by atoms with Crippen molar-refractivity contribution in [2.24, 2.45) is 0 Å². The second kappa shape index (κ2) is 9.82. The molecule has 1 N–H and O–H groups in total. The largest absolute Gasteiger partial charge is 0.492 e. The van der Waals surface area contributed by atoms with Gasteiger partial charge in [-0.15, -0.1) is 0 Å². The van der Waals surface area contributed by atoms with Crippen LogP contribution in [0.2, 0.25) is 0 Å². The number of hydrogen-bond acceptors (Lipinski definition) is 3. The lowest BCUT2D eigenvalue weighted by Crippen LogP contribution is -2.34. The third kappa shape index (κ3) is 7.85.